The van der Waals surface area contributed by atoms with Gasteiger partial charge in [0.2, 0.25) is 0 Å². The molecule has 164 valence electrons. The van der Waals surface area contributed by atoms with Crippen molar-refractivity contribution in [2.24, 2.45) is 0 Å². The van der Waals surface area contributed by atoms with Crippen molar-refractivity contribution in [2.45, 2.75) is 26.4 Å². The Hall–Kier alpha value is -2.39. The van der Waals surface area contributed by atoms with Crippen LogP contribution in [0.3, 0.4) is 0 Å². The second-order valence-electron chi connectivity index (χ2n) is 6.71. The largest absolute Gasteiger partial charge is 0.582 e. The van der Waals surface area contributed by atoms with E-state index < -0.39 is 9.60 Å². The predicted octanol–water partition coefficient (Wildman–Crippen LogP) is 4.53. The van der Waals surface area contributed by atoms with Gasteiger partial charge in [-0.25, -0.2) is 0 Å². The molecule has 0 aliphatic carbocycles. The summed E-state index contributed by atoms with van der Waals surface area (Å²) in [6.07, 6.45) is 2.68. The molecule has 0 saturated carbocycles. The lowest BCUT2D eigenvalue weighted by molar-refractivity contribution is 0.414. The maximum absolute atomic E-state index is 9.09. The minimum atomic E-state index is -1.67. The highest BCUT2D eigenvalue weighted by Crippen LogP contribution is 2.26. The highest BCUT2D eigenvalue weighted by atomic mass is 36.0. The fraction of sp³-hybridized carbons (Fsp3) is 0.238. The van der Waals surface area contributed by atoms with Gasteiger partial charge in [-0.15, -0.1) is 0 Å². The van der Waals surface area contributed by atoms with E-state index in [1.54, 1.807) is 7.11 Å². The minimum Gasteiger partial charge on any atom is -0.582 e. The van der Waals surface area contributed by atoms with Crippen molar-refractivity contribution in [1.82, 2.24) is 19.6 Å². The maximum Gasteiger partial charge on any atom is 0.198 e. The van der Waals surface area contributed by atoms with Crippen LogP contribution in [0.25, 0.3) is 10.9 Å². The van der Waals surface area contributed by atoms with E-state index in [1.165, 1.54) is 5.56 Å². The molecule has 2 heterocycles. The van der Waals surface area contributed by atoms with Crippen molar-refractivity contribution in [3.8, 4) is 5.75 Å². The van der Waals surface area contributed by atoms with Crippen LogP contribution in [-0.4, -0.2) is 31.2 Å². The predicted molar refractivity (Wildman–Crippen MR) is 127 cm³/mol. The number of hydrogen-bond donors (Lipinski definition) is 1. The van der Waals surface area contributed by atoms with Crippen LogP contribution in [0.15, 0.2) is 54.7 Å². The average Bonchev–Trinajstić information content (AvgIpc) is 3.33. The van der Waals surface area contributed by atoms with Crippen molar-refractivity contribution in [1.29, 1.82) is 0 Å². The molecule has 0 amide bonds. The Bertz CT molecular complexity index is 1130. The first kappa shape index (κ1) is 23.3. The van der Waals surface area contributed by atoms with Crippen molar-refractivity contribution in [3.05, 3.63) is 71.7 Å². The fourth-order valence-electron chi connectivity index (χ4n) is 3.40. The standard InChI is InChI=1S/C21H23N5O.Cl2OS/c1-3-19-21-18(22)5-4-6-20(21)26(24-19)14-16-11-12-23-25(16)13-15-7-9-17(27-2)10-8-15;1-4(2)3/h4-12H,3,13-14,22H2,1-2H3;. The van der Waals surface area contributed by atoms with E-state index in [-0.39, 0.29) is 0 Å². The summed E-state index contributed by atoms with van der Waals surface area (Å²) in [5.74, 6) is 0.854. The molecule has 0 aliphatic rings. The molecule has 7 nitrogen and oxygen atoms in total. The molecule has 4 rings (SSSR count). The Morgan fingerprint density at radius 1 is 1.06 bits per heavy atom. The molecule has 0 bridgehead atoms. The van der Waals surface area contributed by atoms with Crippen LogP contribution in [0.5, 0.6) is 5.75 Å². The third-order valence-corrected chi connectivity index (χ3v) is 4.83. The zero-order valence-corrected chi connectivity index (χ0v) is 19.5. The van der Waals surface area contributed by atoms with E-state index in [4.69, 9.17) is 20.1 Å². The van der Waals surface area contributed by atoms with E-state index in [0.717, 1.165) is 40.1 Å². The van der Waals surface area contributed by atoms with Gasteiger partial charge >= 0.3 is 0 Å². The Morgan fingerprint density at radius 3 is 2.42 bits per heavy atom. The number of aromatic nitrogens is 4. The van der Waals surface area contributed by atoms with Gasteiger partial charge in [0.15, 0.2) is 31.0 Å². The molecule has 10 heteroatoms. The number of aryl methyl sites for hydroxylation is 1. The highest BCUT2D eigenvalue weighted by Gasteiger charge is 2.13. The summed E-state index contributed by atoms with van der Waals surface area (Å²) < 4.78 is 18.3. The third kappa shape index (κ3) is 5.86. The van der Waals surface area contributed by atoms with Crippen LogP contribution < -0.4 is 10.5 Å². The number of fused-ring (bicyclic) bond motifs is 1. The molecule has 2 N–H and O–H groups in total. The minimum absolute atomic E-state index is 0.649. The molecule has 0 spiro atoms. The first-order valence-electron chi connectivity index (χ1n) is 9.54. The van der Waals surface area contributed by atoms with Crippen LogP contribution in [0.2, 0.25) is 0 Å². The van der Waals surface area contributed by atoms with Crippen LogP contribution in [0.1, 0.15) is 23.9 Å². The normalized spacial score (nSPS) is 10.9. The molecule has 0 aliphatic heterocycles. The van der Waals surface area contributed by atoms with E-state index in [9.17, 15) is 0 Å². The number of halogens is 2. The zero-order chi connectivity index (χ0) is 22.4. The number of hydrogen-bond acceptors (Lipinski definition) is 5. The Labute approximate surface area is 192 Å². The van der Waals surface area contributed by atoms with Gasteiger partial charge in [-0.05, 0) is 42.3 Å². The lowest BCUT2D eigenvalue weighted by Gasteiger charge is -2.09. The fourth-order valence-corrected chi connectivity index (χ4v) is 3.40. The van der Waals surface area contributed by atoms with Gasteiger partial charge in [-0.3, -0.25) is 9.36 Å². The van der Waals surface area contributed by atoms with E-state index in [1.807, 2.05) is 45.9 Å². The summed E-state index contributed by atoms with van der Waals surface area (Å²) >= 11 is 0. The van der Waals surface area contributed by atoms with Gasteiger partial charge in [0.25, 0.3) is 0 Å². The average molecular weight is 480 g/mol. The number of methoxy groups -OCH3 is 1. The van der Waals surface area contributed by atoms with Crippen molar-refractivity contribution >= 4 is 47.6 Å². The summed E-state index contributed by atoms with van der Waals surface area (Å²) in [7, 11) is 9.03. The molecule has 0 fully saturated rings. The maximum atomic E-state index is 9.09. The molecule has 0 unspecified atom stereocenters. The molecule has 0 saturated heterocycles. The molecule has 2 aromatic carbocycles. The summed E-state index contributed by atoms with van der Waals surface area (Å²) in [5, 5.41) is 10.3. The number of nitrogens with two attached hydrogens (primary N) is 1. The summed E-state index contributed by atoms with van der Waals surface area (Å²) in [5.41, 5.74) is 11.3. The molecular formula is C21H23Cl2N5O2S. The van der Waals surface area contributed by atoms with Crippen molar-refractivity contribution in [2.75, 3.05) is 12.8 Å². The molecule has 4 aromatic rings. The molecular weight excluding hydrogens is 457 g/mol. The lowest BCUT2D eigenvalue weighted by Crippen LogP contribution is -2.11. The topological polar surface area (TPSA) is 94.0 Å². The van der Waals surface area contributed by atoms with Gasteiger partial charge in [-0.1, -0.05) is 25.1 Å². The number of ether oxygens (including phenoxy) is 1. The van der Waals surface area contributed by atoms with Gasteiger partial charge in [0.1, 0.15) is 5.75 Å². The zero-order valence-electron chi connectivity index (χ0n) is 17.2. The third-order valence-electron chi connectivity index (χ3n) is 4.83. The smallest absolute Gasteiger partial charge is 0.198 e. The lowest BCUT2D eigenvalue weighted by atomic mass is 10.1. The van der Waals surface area contributed by atoms with Crippen LogP contribution in [0, 0.1) is 0 Å². The van der Waals surface area contributed by atoms with E-state index >= 15 is 0 Å². The molecule has 2 aromatic heterocycles. The van der Waals surface area contributed by atoms with Gasteiger partial charge in [0, 0.05) is 17.3 Å². The number of nitrogens with zero attached hydrogens (tertiary/aromatic N) is 4. The molecule has 0 atom stereocenters. The number of nitrogen functional groups attached to an aromatic ring is 1. The number of anilines is 1. The van der Waals surface area contributed by atoms with Gasteiger partial charge in [0.05, 0.1) is 37.1 Å². The molecule has 0 radical (unpaired) electrons. The number of benzene rings is 2. The summed E-state index contributed by atoms with van der Waals surface area (Å²) in [6, 6.07) is 16.1. The van der Waals surface area contributed by atoms with Crippen molar-refractivity contribution < 1.29 is 9.29 Å². The Balaban J connectivity index is 0.000000628. The summed E-state index contributed by atoms with van der Waals surface area (Å²) in [6.45, 7) is 3.46. The molecule has 31 heavy (non-hydrogen) atoms. The monoisotopic (exact) mass is 479 g/mol. The van der Waals surface area contributed by atoms with Crippen molar-refractivity contribution in [3.63, 3.8) is 0 Å². The van der Waals surface area contributed by atoms with E-state index in [0.29, 0.717) is 13.1 Å². The quantitative estimate of drug-likeness (QED) is 0.323. The van der Waals surface area contributed by atoms with Crippen LogP contribution in [-0.2, 0) is 29.1 Å². The Kier molecular flexibility index (Phi) is 8.09. The SMILES string of the molecule is CCc1nn(Cc2ccnn2Cc2ccc(OC)cc2)c2cccc(N)c12.[O-][S+](Cl)Cl. The van der Waals surface area contributed by atoms with Crippen LogP contribution in [0.4, 0.5) is 5.69 Å². The summed E-state index contributed by atoms with van der Waals surface area (Å²) in [4.78, 5) is 0. The van der Waals surface area contributed by atoms with Crippen LogP contribution >= 0.6 is 21.4 Å². The van der Waals surface area contributed by atoms with Gasteiger partial charge < -0.3 is 15.0 Å². The Morgan fingerprint density at radius 2 is 1.77 bits per heavy atom. The first-order chi connectivity index (χ1) is 14.9. The second kappa shape index (κ2) is 10.8. The second-order valence-corrected chi connectivity index (χ2v) is 9.24. The van der Waals surface area contributed by atoms with Gasteiger partial charge in [-0.2, -0.15) is 10.2 Å². The van der Waals surface area contributed by atoms with E-state index in [2.05, 4.69) is 51.6 Å². The first-order valence-corrected chi connectivity index (χ1v) is 12.3. The highest BCUT2D eigenvalue weighted by molar-refractivity contribution is 8.31. The number of rotatable bonds is 6.